The van der Waals surface area contributed by atoms with Gasteiger partial charge in [0, 0.05) is 30.3 Å². The lowest BCUT2D eigenvalue weighted by Gasteiger charge is -2.28. The molecule has 1 aromatic rings. The summed E-state index contributed by atoms with van der Waals surface area (Å²) < 4.78 is 0. The number of nitrogens with one attached hydrogen (secondary N) is 4. The minimum Gasteiger partial charge on any atom is -0.338 e. The fourth-order valence-corrected chi connectivity index (χ4v) is 3.67. The smallest absolute Gasteiger partial charge is 0.319 e. The molecule has 2 saturated carbocycles. The molecule has 0 aliphatic heterocycles. The van der Waals surface area contributed by atoms with Gasteiger partial charge in [-0.05, 0) is 74.5 Å². The largest absolute Gasteiger partial charge is 0.338 e. The van der Waals surface area contributed by atoms with Crippen LogP contribution in [0.3, 0.4) is 0 Å². The molecule has 148 valence electrons. The van der Waals surface area contributed by atoms with Crippen molar-refractivity contribution in [2.45, 2.75) is 38.5 Å². The first-order chi connectivity index (χ1) is 13.1. The van der Waals surface area contributed by atoms with E-state index in [9.17, 15) is 9.59 Å². The molecule has 4 N–H and O–H groups in total. The molecule has 4 amide bonds. The number of urea groups is 2. The summed E-state index contributed by atoms with van der Waals surface area (Å²) in [7, 11) is 0. The highest BCUT2D eigenvalue weighted by molar-refractivity contribution is 6.30. The summed E-state index contributed by atoms with van der Waals surface area (Å²) in [5.41, 5.74) is 0.690. The standard InChI is InChI=1S/C20H29ClN4O2/c21-17-2-1-3-18(10-17)25-20(27)24-13-16-8-6-15(7-9-16)12-23-19(26)22-11-14-4-5-14/h1-3,10,14-16H,4-9,11-13H2,(H2,22,23,26)(H2,24,25,27). The Morgan fingerprint density at radius 1 is 0.815 bits per heavy atom. The van der Waals surface area contributed by atoms with Gasteiger partial charge in [-0.15, -0.1) is 0 Å². The van der Waals surface area contributed by atoms with E-state index in [4.69, 9.17) is 11.6 Å². The third kappa shape index (κ3) is 7.29. The second-order valence-corrected chi connectivity index (χ2v) is 8.20. The number of hydrogen-bond donors (Lipinski definition) is 4. The Morgan fingerprint density at radius 2 is 1.30 bits per heavy atom. The summed E-state index contributed by atoms with van der Waals surface area (Å²) in [5.74, 6) is 1.73. The number of carbonyl (C=O) groups is 2. The average Bonchev–Trinajstić information content (AvgIpc) is 3.48. The van der Waals surface area contributed by atoms with Crippen molar-refractivity contribution in [3.8, 4) is 0 Å². The van der Waals surface area contributed by atoms with Crippen LogP contribution in [0.5, 0.6) is 0 Å². The van der Waals surface area contributed by atoms with Crippen LogP contribution >= 0.6 is 11.6 Å². The first-order valence-electron chi connectivity index (χ1n) is 9.90. The SMILES string of the molecule is O=C(NCC1CC1)NCC1CCC(CNC(=O)Nc2cccc(Cl)c2)CC1. The molecule has 2 fully saturated rings. The molecule has 0 atom stereocenters. The van der Waals surface area contributed by atoms with Crippen molar-refractivity contribution in [2.75, 3.05) is 25.0 Å². The van der Waals surface area contributed by atoms with Crippen molar-refractivity contribution in [2.24, 2.45) is 17.8 Å². The van der Waals surface area contributed by atoms with Gasteiger partial charge in [0.2, 0.25) is 0 Å². The monoisotopic (exact) mass is 392 g/mol. The molecular formula is C20H29ClN4O2. The van der Waals surface area contributed by atoms with Gasteiger partial charge in [-0.25, -0.2) is 9.59 Å². The van der Waals surface area contributed by atoms with Crippen LogP contribution in [0, 0.1) is 17.8 Å². The number of benzene rings is 1. The lowest BCUT2D eigenvalue weighted by atomic mass is 9.82. The van der Waals surface area contributed by atoms with Crippen molar-refractivity contribution < 1.29 is 9.59 Å². The van der Waals surface area contributed by atoms with Crippen molar-refractivity contribution in [1.29, 1.82) is 0 Å². The molecule has 0 aromatic heterocycles. The fourth-order valence-electron chi connectivity index (χ4n) is 3.48. The predicted octanol–water partition coefficient (Wildman–Crippen LogP) is 3.98. The molecule has 0 unspecified atom stereocenters. The number of halogens is 1. The molecule has 0 spiro atoms. The lowest BCUT2D eigenvalue weighted by Crippen LogP contribution is -2.40. The van der Waals surface area contributed by atoms with E-state index >= 15 is 0 Å². The minimum atomic E-state index is -0.201. The Hall–Kier alpha value is -1.95. The van der Waals surface area contributed by atoms with E-state index < -0.39 is 0 Å². The van der Waals surface area contributed by atoms with E-state index in [1.807, 2.05) is 6.07 Å². The molecule has 1 aromatic carbocycles. The second kappa shape index (κ2) is 9.83. The summed E-state index contributed by atoms with van der Waals surface area (Å²) >= 11 is 5.92. The Labute approximate surface area is 165 Å². The fraction of sp³-hybridized carbons (Fsp3) is 0.600. The third-order valence-electron chi connectivity index (χ3n) is 5.40. The van der Waals surface area contributed by atoms with Crippen molar-refractivity contribution in [1.82, 2.24) is 16.0 Å². The molecular weight excluding hydrogens is 364 g/mol. The Bertz CT molecular complexity index is 643. The topological polar surface area (TPSA) is 82.3 Å². The zero-order valence-electron chi connectivity index (χ0n) is 15.6. The van der Waals surface area contributed by atoms with E-state index in [2.05, 4.69) is 21.3 Å². The normalized spacial score (nSPS) is 22.0. The molecule has 7 heteroatoms. The molecule has 27 heavy (non-hydrogen) atoms. The van der Waals surface area contributed by atoms with Crippen LogP contribution in [-0.4, -0.2) is 31.7 Å². The third-order valence-corrected chi connectivity index (χ3v) is 5.63. The molecule has 6 nitrogen and oxygen atoms in total. The molecule has 0 saturated heterocycles. The van der Waals surface area contributed by atoms with Gasteiger partial charge in [-0.1, -0.05) is 17.7 Å². The van der Waals surface area contributed by atoms with Gasteiger partial charge >= 0.3 is 12.1 Å². The van der Waals surface area contributed by atoms with E-state index in [-0.39, 0.29) is 12.1 Å². The first kappa shape index (κ1) is 19.8. The number of rotatable bonds is 7. The van der Waals surface area contributed by atoms with Crippen LogP contribution in [0.1, 0.15) is 38.5 Å². The van der Waals surface area contributed by atoms with Gasteiger partial charge < -0.3 is 21.3 Å². The summed E-state index contributed by atoms with van der Waals surface area (Å²) in [5, 5.41) is 12.3. The van der Waals surface area contributed by atoms with Gasteiger partial charge in [0.25, 0.3) is 0 Å². The van der Waals surface area contributed by atoms with E-state index in [1.54, 1.807) is 18.2 Å². The number of carbonyl (C=O) groups excluding carboxylic acids is 2. The average molecular weight is 393 g/mol. The van der Waals surface area contributed by atoms with Crippen LogP contribution in [-0.2, 0) is 0 Å². The number of anilines is 1. The first-order valence-corrected chi connectivity index (χ1v) is 10.3. The van der Waals surface area contributed by atoms with Crippen LogP contribution < -0.4 is 21.3 Å². The molecule has 2 aliphatic carbocycles. The maximum absolute atomic E-state index is 12.0. The zero-order valence-corrected chi connectivity index (χ0v) is 16.4. The molecule has 2 aliphatic rings. The van der Waals surface area contributed by atoms with Crippen molar-refractivity contribution >= 4 is 29.4 Å². The maximum Gasteiger partial charge on any atom is 0.319 e. The van der Waals surface area contributed by atoms with Crippen LogP contribution in [0.25, 0.3) is 0 Å². The molecule has 0 radical (unpaired) electrons. The molecule has 0 bridgehead atoms. The van der Waals surface area contributed by atoms with E-state index in [0.717, 1.165) is 38.8 Å². The highest BCUT2D eigenvalue weighted by Crippen LogP contribution is 2.28. The molecule has 3 rings (SSSR count). The summed E-state index contributed by atoms with van der Waals surface area (Å²) in [6.45, 7) is 2.22. The highest BCUT2D eigenvalue weighted by Gasteiger charge is 2.23. The van der Waals surface area contributed by atoms with Crippen molar-refractivity contribution in [3.63, 3.8) is 0 Å². The van der Waals surface area contributed by atoms with Gasteiger partial charge in [0.15, 0.2) is 0 Å². The van der Waals surface area contributed by atoms with Gasteiger partial charge in [-0.3, -0.25) is 0 Å². The Balaban J connectivity index is 1.26. The summed E-state index contributed by atoms with van der Waals surface area (Å²) in [6.07, 6.45) is 6.82. The number of amides is 4. The number of hydrogen-bond acceptors (Lipinski definition) is 2. The van der Waals surface area contributed by atoms with Crippen molar-refractivity contribution in [3.05, 3.63) is 29.3 Å². The van der Waals surface area contributed by atoms with Crippen LogP contribution in [0.4, 0.5) is 15.3 Å². The van der Waals surface area contributed by atoms with Crippen LogP contribution in [0.15, 0.2) is 24.3 Å². The zero-order chi connectivity index (χ0) is 19.1. The minimum absolute atomic E-state index is 0.0385. The van der Waals surface area contributed by atoms with Crippen LogP contribution in [0.2, 0.25) is 5.02 Å². The van der Waals surface area contributed by atoms with Gasteiger partial charge in [0.1, 0.15) is 0 Å². The van der Waals surface area contributed by atoms with E-state index in [1.165, 1.54) is 12.8 Å². The second-order valence-electron chi connectivity index (χ2n) is 7.77. The van der Waals surface area contributed by atoms with Gasteiger partial charge in [-0.2, -0.15) is 0 Å². The lowest BCUT2D eigenvalue weighted by molar-refractivity contribution is 0.227. The summed E-state index contributed by atoms with van der Waals surface area (Å²) in [6, 6.07) is 6.87. The quantitative estimate of drug-likeness (QED) is 0.566. The van der Waals surface area contributed by atoms with E-state index in [0.29, 0.717) is 35.0 Å². The highest BCUT2D eigenvalue weighted by atomic mass is 35.5. The predicted molar refractivity (Wildman–Crippen MR) is 108 cm³/mol. The molecule has 0 heterocycles. The Morgan fingerprint density at radius 3 is 1.78 bits per heavy atom. The summed E-state index contributed by atoms with van der Waals surface area (Å²) in [4.78, 5) is 23.7. The Kier molecular flexibility index (Phi) is 7.21. The van der Waals surface area contributed by atoms with Gasteiger partial charge in [0.05, 0.1) is 0 Å². The maximum atomic E-state index is 12.0.